The summed E-state index contributed by atoms with van der Waals surface area (Å²) in [6.07, 6.45) is -0.0419. The third-order valence-corrected chi connectivity index (χ3v) is 8.17. The number of benzene rings is 2. The van der Waals surface area contributed by atoms with Gasteiger partial charge in [0.1, 0.15) is 0 Å². The molecule has 1 saturated heterocycles. The molecule has 0 spiro atoms. The van der Waals surface area contributed by atoms with E-state index in [-0.39, 0.29) is 24.0 Å². The maximum atomic E-state index is 13.8. The van der Waals surface area contributed by atoms with Crippen molar-refractivity contribution in [1.82, 2.24) is 0 Å². The summed E-state index contributed by atoms with van der Waals surface area (Å²) >= 11 is 0. The summed E-state index contributed by atoms with van der Waals surface area (Å²) in [5, 5.41) is 0.824. The summed E-state index contributed by atoms with van der Waals surface area (Å²) in [4.78, 5) is 0. The van der Waals surface area contributed by atoms with Gasteiger partial charge in [0, 0.05) is 11.8 Å². The van der Waals surface area contributed by atoms with Crippen LogP contribution in [-0.2, 0) is 18.3 Å². The van der Waals surface area contributed by atoms with Crippen LogP contribution in [0.5, 0.6) is 0 Å². The van der Waals surface area contributed by atoms with Crippen molar-refractivity contribution in [3.05, 3.63) is 76.6 Å². The lowest BCUT2D eigenvalue weighted by Crippen LogP contribution is -2.35. The van der Waals surface area contributed by atoms with E-state index in [0.717, 1.165) is 16.5 Å². The summed E-state index contributed by atoms with van der Waals surface area (Å²) < 4.78 is 31.6. The quantitative estimate of drug-likeness (QED) is 0.598. The first-order valence-corrected chi connectivity index (χ1v) is 11.2. The van der Waals surface area contributed by atoms with E-state index in [1.54, 1.807) is 0 Å². The minimum Gasteiger partial charge on any atom is -0.364 e. The Morgan fingerprint density at radius 2 is 1.41 bits per heavy atom. The molecule has 0 aromatic heterocycles. The maximum absolute atomic E-state index is 13.8. The van der Waals surface area contributed by atoms with Gasteiger partial charge in [-0.05, 0) is 36.1 Å². The van der Waals surface area contributed by atoms with Gasteiger partial charge in [-0.3, -0.25) is 4.57 Å². The fourth-order valence-corrected chi connectivity index (χ4v) is 7.24. The SMILES string of the molecule is CCOP(=O)(OCC)C1=C(c2ccccc2)[C@@H]2[C@H]1[C@@H]1O[C@H]2c2ccccc21. The molecule has 4 atom stereocenters. The number of hydrogen-bond donors (Lipinski definition) is 0. The summed E-state index contributed by atoms with van der Waals surface area (Å²) in [6.45, 7) is 4.42. The molecule has 0 radical (unpaired) electrons. The van der Waals surface area contributed by atoms with Crippen molar-refractivity contribution in [2.45, 2.75) is 26.1 Å². The van der Waals surface area contributed by atoms with Gasteiger partial charge < -0.3 is 13.8 Å². The highest BCUT2D eigenvalue weighted by molar-refractivity contribution is 7.59. The van der Waals surface area contributed by atoms with E-state index < -0.39 is 7.60 Å². The van der Waals surface area contributed by atoms with Crippen LogP contribution in [0.25, 0.3) is 5.57 Å². The average Bonchev–Trinajstić information content (AvgIpc) is 3.16. The maximum Gasteiger partial charge on any atom is 0.358 e. The molecular weight excluding hydrogens is 359 g/mol. The zero-order valence-electron chi connectivity index (χ0n) is 15.5. The average molecular weight is 382 g/mol. The molecule has 140 valence electrons. The molecule has 0 saturated carbocycles. The van der Waals surface area contributed by atoms with Crippen molar-refractivity contribution in [3.63, 3.8) is 0 Å². The molecule has 2 aromatic rings. The topological polar surface area (TPSA) is 44.8 Å². The van der Waals surface area contributed by atoms with E-state index in [2.05, 4.69) is 30.3 Å². The minimum absolute atomic E-state index is 0.0202. The van der Waals surface area contributed by atoms with Crippen molar-refractivity contribution in [2.24, 2.45) is 11.8 Å². The predicted molar refractivity (Wildman–Crippen MR) is 104 cm³/mol. The van der Waals surface area contributed by atoms with E-state index in [0.29, 0.717) is 13.2 Å². The van der Waals surface area contributed by atoms with Crippen molar-refractivity contribution in [1.29, 1.82) is 0 Å². The Hall–Kier alpha value is -1.71. The van der Waals surface area contributed by atoms with Crippen LogP contribution in [0.3, 0.4) is 0 Å². The van der Waals surface area contributed by atoms with Gasteiger partial charge >= 0.3 is 7.60 Å². The summed E-state index contributed by atoms with van der Waals surface area (Å²) in [7, 11) is -3.36. The fourth-order valence-electron chi connectivity index (χ4n) is 4.97. The lowest BCUT2D eigenvalue weighted by molar-refractivity contribution is 0.0621. The van der Waals surface area contributed by atoms with Crippen LogP contribution in [-0.4, -0.2) is 13.2 Å². The predicted octanol–water partition coefficient (Wildman–Crippen LogP) is 5.74. The van der Waals surface area contributed by atoms with Crippen molar-refractivity contribution >= 4 is 13.2 Å². The molecular formula is C22H23O4P. The lowest BCUT2D eigenvalue weighted by Gasteiger charge is -2.44. The van der Waals surface area contributed by atoms with Crippen LogP contribution in [0.15, 0.2) is 59.9 Å². The Kier molecular flexibility index (Phi) is 4.14. The van der Waals surface area contributed by atoms with Crippen LogP contribution >= 0.6 is 7.60 Å². The highest BCUT2D eigenvalue weighted by Gasteiger charge is 2.64. The molecule has 1 fully saturated rings. The monoisotopic (exact) mass is 382 g/mol. The number of ether oxygens (including phenoxy) is 1. The van der Waals surface area contributed by atoms with E-state index in [9.17, 15) is 4.57 Å². The number of fused-ring (bicyclic) bond motifs is 8. The number of rotatable bonds is 6. The molecule has 2 aromatic carbocycles. The molecule has 5 heteroatoms. The van der Waals surface area contributed by atoms with E-state index in [1.807, 2.05) is 38.1 Å². The first kappa shape index (κ1) is 17.4. The molecule has 4 nitrogen and oxygen atoms in total. The molecule has 1 aliphatic carbocycles. The van der Waals surface area contributed by atoms with Crippen molar-refractivity contribution in [3.8, 4) is 0 Å². The molecule has 0 amide bonds. The minimum atomic E-state index is -3.36. The number of hydrogen-bond acceptors (Lipinski definition) is 4. The van der Waals surface area contributed by atoms with Gasteiger partial charge in [-0.2, -0.15) is 0 Å². The third-order valence-electron chi connectivity index (χ3n) is 5.84. The second-order valence-electron chi connectivity index (χ2n) is 7.16. The molecule has 27 heavy (non-hydrogen) atoms. The molecule has 0 N–H and O–H groups in total. The van der Waals surface area contributed by atoms with Crippen LogP contribution in [0.2, 0.25) is 0 Å². The van der Waals surface area contributed by atoms with Crippen molar-refractivity contribution < 1.29 is 18.3 Å². The zero-order chi connectivity index (χ0) is 18.6. The van der Waals surface area contributed by atoms with Crippen LogP contribution in [0, 0.1) is 11.8 Å². The molecule has 3 aliphatic rings. The Morgan fingerprint density at radius 3 is 2.00 bits per heavy atom. The van der Waals surface area contributed by atoms with E-state index >= 15 is 0 Å². The van der Waals surface area contributed by atoms with Crippen LogP contribution in [0.1, 0.15) is 42.7 Å². The lowest BCUT2D eigenvalue weighted by atomic mass is 9.63. The standard InChI is InChI=1S/C22H23O4P/c1-3-24-27(23,25-4-2)22-17(14-10-6-5-7-11-14)18-19(22)21-16-13-9-8-12-15(16)20(18)26-21/h5-13,18-21H,3-4H2,1-2H3/t18-,19+,20+,21-/m1/s1. The third kappa shape index (κ3) is 2.37. The van der Waals surface area contributed by atoms with E-state index in [1.165, 1.54) is 11.1 Å². The van der Waals surface area contributed by atoms with Gasteiger partial charge in [-0.15, -0.1) is 0 Å². The Labute approximate surface area is 159 Å². The van der Waals surface area contributed by atoms with Crippen molar-refractivity contribution in [2.75, 3.05) is 13.2 Å². The van der Waals surface area contributed by atoms with Gasteiger partial charge in [0.05, 0.1) is 30.7 Å². The van der Waals surface area contributed by atoms with Crippen LogP contribution < -0.4 is 0 Å². The second-order valence-corrected chi connectivity index (χ2v) is 9.15. The first-order chi connectivity index (χ1) is 13.2. The van der Waals surface area contributed by atoms with Gasteiger partial charge in [0.2, 0.25) is 0 Å². The summed E-state index contributed by atoms with van der Waals surface area (Å²) in [5.41, 5.74) is 4.65. The van der Waals surface area contributed by atoms with Crippen LogP contribution in [0.4, 0.5) is 0 Å². The molecule has 2 heterocycles. The largest absolute Gasteiger partial charge is 0.364 e. The van der Waals surface area contributed by atoms with Gasteiger partial charge in [-0.25, -0.2) is 0 Å². The Morgan fingerprint density at radius 1 is 0.852 bits per heavy atom. The highest BCUT2D eigenvalue weighted by atomic mass is 31.2. The van der Waals surface area contributed by atoms with Gasteiger partial charge in [0.25, 0.3) is 0 Å². The highest BCUT2D eigenvalue weighted by Crippen LogP contribution is 2.77. The fraction of sp³-hybridized carbons (Fsp3) is 0.364. The molecule has 2 bridgehead atoms. The van der Waals surface area contributed by atoms with Gasteiger partial charge in [-0.1, -0.05) is 54.6 Å². The first-order valence-electron chi connectivity index (χ1n) is 9.63. The smallest absolute Gasteiger partial charge is 0.358 e. The molecule has 2 aliphatic heterocycles. The summed E-state index contributed by atoms with van der Waals surface area (Å²) in [5.74, 6) is 0.264. The Balaban J connectivity index is 1.68. The normalized spacial score (nSPS) is 28.1. The van der Waals surface area contributed by atoms with Gasteiger partial charge in [0.15, 0.2) is 0 Å². The molecule has 0 unspecified atom stereocenters. The zero-order valence-corrected chi connectivity index (χ0v) is 16.4. The second kappa shape index (κ2) is 6.42. The summed E-state index contributed by atoms with van der Waals surface area (Å²) in [6, 6.07) is 18.6. The van der Waals surface area contributed by atoms with E-state index in [4.69, 9.17) is 13.8 Å². The Bertz CT molecular complexity index is 942. The molecule has 5 rings (SSSR count).